The fraction of sp³-hybridized carbons (Fsp3) is 0.273. The van der Waals surface area contributed by atoms with Crippen molar-refractivity contribution >= 4 is 11.5 Å². The highest BCUT2D eigenvalue weighted by Gasteiger charge is 2.05. The van der Waals surface area contributed by atoms with Crippen LogP contribution in [0.25, 0.3) is 5.57 Å². The lowest BCUT2D eigenvalue weighted by molar-refractivity contribution is 0.413. The quantitative estimate of drug-likeness (QED) is 0.660. The Bertz CT molecular complexity index is 336. The molecule has 0 saturated heterocycles. The van der Waals surface area contributed by atoms with Crippen molar-refractivity contribution in [2.24, 2.45) is 0 Å². The number of hydrogen-bond acceptors (Lipinski definition) is 2. The SMILES string of the molecule is CCC(=C=O)c1ccccc1OC. The summed E-state index contributed by atoms with van der Waals surface area (Å²) in [4.78, 5) is 10.6. The number of methoxy groups -OCH3 is 1. The zero-order valence-corrected chi connectivity index (χ0v) is 7.83. The van der Waals surface area contributed by atoms with Gasteiger partial charge in [-0.2, -0.15) is 0 Å². The van der Waals surface area contributed by atoms with E-state index in [9.17, 15) is 4.79 Å². The van der Waals surface area contributed by atoms with E-state index in [-0.39, 0.29) is 0 Å². The summed E-state index contributed by atoms with van der Waals surface area (Å²) in [6.07, 6.45) is 0.671. The molecule has 1 aromatic rings. The van der Waals surface area contributed by atoms with E-state index in [2.05, 4.69) is 0 Å². The van der Waals surface area contributed by atoms with Crippen LogP contribution in [0.5, 0.6) is 5.75 Å². The average molecular weight is 176 g/mol. The molecule has 0 radical (unpaired) electrons. The molecule has 2 nitrogen and oxygen atoms in total. The molecule has 0 spiro atoms. The second kappa shape index (κ2) is 4.48. The van der Waals surface area contributed by atoms with Crippen LogP contribution in [0.4, 0.5) is 0 Å². The summed E-state index contributed by atoms with van der Waals surface area (Å²) in [6, 6.07) is 7.45. The monoisotopic (exact) mass is 176 g/mol. The molecule has 0 aliphatic heterocycles. The molecule has 0 amide bonds. The van der Waals surface area contributed by atoms with Crippen LogP contribution in [0.2, 0.25) is 0 Å². The third-order valence-corrected chi connectivity index (χ3v) is 1.91. The Balaban J connectivity index is 3.19. The van der Waals surface area contributed by atoms with Crippen LogP contribution in [0.1, 0.15) is 18.9 Å². The summed E-state index contributed by atoms with van der Waals surface area (Å²) < 4.78 is 5.13. The fourth-order valence-corrected chi connectivity index (χ4v) is 1.21. The van der Waals surface area contributed by atoms with Crippen LogP contribution in [-0.2, 0) is 4.79 Å². The molecular weight excluding hydrogens is 164 g/mol. The number of para-hydroxylation sites is 1. The molecule has 0 saturated carbocycles. The van der Waals surface area contributed by atoms with Crippen molar-refractivity contribution in [3.8, 4) is 5.75 Å². The molecule has 0 bridgehead atoms. The molecule has 0 atom stereocenters. The predicted molar refractivity (Wildman–Crippen MR) is 52.4 cm³/mol. The molecule has 0 aromatic heterocycles. The molecule has 1 rings (SSSR count). The molecule has 0 aliphatic carbocycles. The first-order chi connectivity index (χ1) is 6.33. The van der Waals surface area contributed by atoms with E-state index in [0.29, 0.717) is 12.0 Å². The first-order valence-corrected chi connectivity index (χ1v) is 4.20. The number of ether oxygens (including phenoxy) is 1. The maximum Gasteiger partial charge on any atom is 0.128 e. The minimum absolute atomic E-state index is 0.650. The molecule has 13 heavy (non-hydrogen) atoms. The van der Waals surface area contributed by atoms with Gasteiger partial charge in [0, 0.05) is 11.1 Å². The Morgan fingerprint density at radius 1 is 1.46 bits per heavy atom. The van der Waals surface area contributed by atoms with Crippen molar-refractivity contribution in [1.29, 1.82) is 0 Å². The summed E-state index contributed by atoms with van der Waals surface area (Å²) in [5, 5.41) is 0. The van der Waals surface area contributed by atoms with Gasteiger partial charge in [0.1, 0.15) is 11.7 Å². The third kappa shape index (κ3) is 1.98. The van der Waals surface area contributed by atoms with E-state index in [1.54, 1.807) is 7.11 Å². The number of allylic oxidation sites excluding steroid dienone is 1. The lowest BCUT2D eigenvalue weighted by atomic mass is 10.0. The lowest BCUT2D eigenvalue weighted by Gasteiger charge is -2.06. The summed E-state index contributed by atoms with van der Waals surface area (Å²) in [6.45, 7) is 1.92. The van der Waals surface area contributed by atoms with Gasteiger partial charge in [-0.15, -0.1) is 0 Å². The van der Waals surface area contributed by atoms with Gasteiger partial charge in [-0.1, -0.05) is 25.1 Å². The Labute approximate surface area is 77.8 Å². The third-order valence-electron chi connectivity index (χ3n) is 1.91. The van der Waals surface area contributed by atoms with E-state index in [1.165, 1.54) is 0 Å². The molecule has 0 heterocycles. The number of carbonyl (C=O) groups excluding carboxylic acids is 1. The normalized spacial score (nSPS) is 9.08. The van der Waals surface area contributed by atoms with Crippen molar-refractivity contribution in [3.05, 3.63) is 29.8 Å². The van der Waals surface area contributed by atoms with Gasteiger partial charge >= 0.3 is 0 Å². The molecule has 0 fully saturated rings. The van der Waals surface area contributed by atoms with E-state index in [4.69, 9.17) is 4.74 Å². The van der Waals surface area contributed by atoms with Crippen LogP contribution in [-0.4, -0.2) is 13.1 Å². The minimum atomic E-state index is 0.650. The van der Waals surface area contributed by atoms with Crippen molar-refractivity contribution < 1.29 is 9.53 Å². The topological polar surface area (TPSA) is 26.3 Å². The molecule has 0 unspecified atom stereocenters. The zero-order valence-electron chi connectivity index (χ0n) is 7.83. The Morgan fingerprint density at radius 2 is 2.15 bits per heavy atom. The first kappa shape index (κ1) is 9.56. The van der Waals surface area contributed by atoms with E-state index in [0.717, 1.165) is 11.3 Å². The molecule has 1 aromatic carbocycles. The van der Waals surface area contributed by atoms with Crippen LogP contribution in [0, 0.1) is 0 Å². The Kier molecular flexibility index (Phi) is 3.30. The largest absolute Gasteiger partial charge is 0.496 e. The van der Waals surface area contributed by atoms with E-state index < -0.39 is 0 Å². The van der Waals surface area contributed by atoms with Gasteiger partial charge in [-0.05, 0) is 12.5 Å². The summed E-state index contributed by atoms with van der Waals surface area (Å²) in [5.41, 5.74) is 1.49. The maximum atomic E-state index is 10.6. The van der Waals surface area contributed by atoms with Crippen molar-refractivity contribution in [2.45, 2.75) is 13.3 Å². The second-order valence-electron chi connectivity index (χ2n) is 2.63. The maximum absolute atomic E-state index is 10.6. The Morgan fingerprint density at radius 3 is 2.69 bits per heavy atom. The summed E-state index contributed by atoms with van der Waals surface area (Å²) >= 11 is 0. The highest BCUT2D eigenvalue weighted by molar-refractivity contribution is 5.89. The standard InChI is InChI=1S/C11H12O2/c1-3-9(8-12)10-6-4-5-7-11(10)13-2/h4-7H,3H2,1-2H3. The van der Waals surface area contributed by atoms with Gasteiger partial charge in [0.15, 0.2) is 0 Å². The molecule has 0 N–H and O–H groups in total. The highest BCUT2D eigenvalue weighted by atomic mass is 16.5. The molecule has 0 aliphatic rings. The molecule has 2 heteroatoms. The Hall–Kier alpha value is -1.53. The molecular formula is C11H12O2. The van der Waals surface area contributed by atoms with Gasteiger partial charge in [0.2, 0.25) is 0 Å². The van der Waals surface area contributed by atoms with Crippen molar-refractivity contribution in [1.82, 2.24) is 0 Å². The van der Waals surface area contributed by atoms with Gasteiger partial charge in [-0.3, -0.25) is 0 Å². The second-order valence-corrected chi connectivity index (χ2v) is 2.63. The van der Waals surface area contributed by atoms with Gasteiger partial charge in [0.25, 0.3) is 0 Å². The fourth-order valence-electron chi connectivity index (χ4n) is 1.21. The van der Waals surface area contributed by atoms with E-state index >= 15 is 0 Å². The van der Waals surface area contributed by atoms with Gasteiger partial charge in [0.05, 0.1) is 7.11 Å². The zero-order chi connectivity index (χ0) is 9.68. The lowest BCUT2D eigenvalue weighted by Crippen LogP contribution is -1.90. The van der Waals surface area contributed by atoms with Crippen molar-refractivity contribution in [3.63, 3.8) is 0 Å². The number of benzene rings is 1. The van der Waals surface area contributed by atoms with E-state index in [1.807, 2.05) is 37.1 Å². The van der Waals surface area contributed by atoms with Gasteiger partial charge < -0.3 is 4.74 Å². The van der Waals surface area contributed by atoms with Crippen LogP contribution < -0.4 is 4.74 Å². The number of hydrogen-bond donors (Lipinski definition) is 0. The number of rotatable bonds is 3. The molecule has 68 valence electrons. The van der Waals surface area contributed by atoms with Crippen LogP contribution in [0.15, 0.2) is 24.3 Å². The van der Waals surface area contributed by atoms with Crippen LogP contribution in [0.3, 0.4) is 0 Å². The highest BCUT2D eigenvalue weighted by Crippen LogP contribution is 2.25. The van der Waals surface area contributed by atoms with Crippen LogP contribution >= 0.6 is 0 Å². The smallest absolute Gasteiger partial charge is 0.128 e. The summed E-state index contributed by atoms with van der Waals surface area (Å²) in [5.74, 6) is 2.65. The van der Waals surface area contributed by atoms with Gasteiger partial charge in [-0.25, -0.2) is 4.79 Å². The predicted octanol–water partition coefficient (Wildman–Crippen LogP) is 2.32. The minimum Gasteiger partial charge on any atom is -0.496 e. The van der Waals surface area contributed by atoms with Crippen molar-refractivity contribution in [2.75, 3.05) is 7.11 Å². The first-order valence-electron chi connectivity index (χ1n) is 4.20. The average Bonchev–Trinajstić information content (AvgIpc) is 2.20. The summed E-state index contributed by atoms with van der Waals surface area (Å²) in [7, 11) is 1.59.